The molecule has 4 nitrogen and oxygen atoms in total. The molecule has 0 aliphatic rings. The summed E-state index contributed by atoms with van der Waals surface area (Å²) in [6.07, 6.45) is 1.70. The van der Waals surface area contributed by atoms with Gasteiger partial charge in [0.25, 0.3) is 5.91 Å². The molecule has 0 fully saturated rings. The highest BCUT2D eigenvalue weighted by atomic mass is 16.2. The highest BCUT2D eigenvalue weighted by Crippen LogP contribution is 2.24. The Labute approximate surface area is 154 Å². The fourth-order valence-electron chi connectivity index (χ4n) is 3.08. The minimum atomic E-state index is -0.217. The molecule has 4 heteroatoms. The molecule has 1 amide bonds. The van der Waals surface area contributed by atoms with Crippen LogP contribution >= 0.6 is 0 Å². The summed E-state index contributed by atoms with van der Waals surface area (Å²) in [5, 5.41) is 4.13. The Morgan fingerprint density at radius 1 is 1.00 bits per heavy atom. The van der Waals surface area contributed by atoms with E-state index in [-0.39, 0.29) is 5.91 Å². The van der Waals surface area contributed by atoms with E-state index in [4.69, 9.17) is 0 Å². The zero-order valence-electron chi connectivity index (χ0n) is 15.6. The van der Waals surface area contributed by atoms with Crippen LogP contribution in [0, 0.1) is 27.7 Å². The third-order valence-corrected chi connectivity index (χ3v) is 4.69. The zero-order chi connectivity index (χ0) is 18.7. The zero-order valence-corrected chi connectivity index (χ0v) is 15.6. The first kappa shape index (κ1) is 17.7. The molecule has 1 heterocycles. The Kier molecular flexibility index (Phi) is 5.03. The minimum Gasteiger partial charge on any atom is -0.318 e. The monoisotopic (exact) mass is 345 g/mol. The Bertz CT molecular complexity index is 969. The van der Waals surface area contributed by atoms with Crippen LogP contribution in [0.2, 0.25) is 0 Å². The number of hydrogen-bond donors (Lipinski definition) is 1. The first-order valence-electron chi connectivity index (χ1n) is 8.63. The second-order valence-electron chi connectivity index (χ2n) is 6.45. The molecule has 0 atom stereocenters. The number of benzene rings is 2. The topological polar surface area (TPSA) is 46.4 Å². The second-order valence-corrected chi connectivity index (χ2v) is 6.45. The molecule has 3 aromatic rings. The molecule has 0 aliphatic carbocycles. The van der Waals surface area contributed by atoms with Crippen LogP contribution in [0.25, 0.3) is 5.69 Å². The highest BCUT2D eigenvalue weighted by Gasteiger charge is 2.12. The molecule has 0 unspecified atom stereocenters. The number of amides is 1. The van der Waals surface area contributed by atoms with Crippen molar-refractivity contribution in [2.45, 2.75) is 27.7 Å². The van der Waals surface area contributed by atoms with Gasteiger partial charge in [0.05, 0.1) is 6.21 Å². The predicted molar refractivity (Wildman–Crippen MR) is 106 cm³/mol. The SMILES string of the molecule is Cc1cccc(-n2c(C)cc(/C=N/NC(=O)c3ccccc3)c2C)c1C. The first-order chi connectivity index (χ1) is 12.5. The average molecular weight is 345 g/mol. The number of nitrogens with zero attached hydrogens (tertiary/aromatic N) is 2. The van der Waals surface area contributed by atoms with E-state index < -0.39 is 0 Å². The van der Waals surface area contributed by atoms with Crippen molar-refractivity contribution >= 4 is 12.1 Å². The Morgan fingerprint density at radius 2 is 1.73 bits per heavy atom. The van der Waals surface area contributed by atoms with Gasteiger partial charge in [0.1, 0.15) is 0 Å². The molecular weight excluding hydrogens is 322 g/mol. The summed E-state index contributed by atoms with van der Waals surface area (Å²) in [6, 6.07) is 17.5. The molecular formula is C22H23N3O. The number of aryl methyl sites for hydroxylation is 2. The van der Waals surface area contributed by atoms with Gasteiger partial charge in [0.15, 0.2) is 0 Å². The van der Waals surface area contributed by atoms with E-state index in [0.29, 0.717) is 5.56 Å². The second kappa shape index (κ2) is 7.40. The van der Waals surface area contributed by atoms with Crippen LogP contribution in [0.15, 0.2) is 59.7 Å². The van der Waals surface area contributed by atoms with Gasteiger partial charge in [-0.15, -0.1) is 0 Å². The number of rotatable bonds is 4. The molecule has 1 aromatic heterocycles. The van der Waals surface area contributed by atoms with Crippen molar-refractivity contribution in [3.05, 3.63) is 88.2 Å². The maximum absolute atomic E-state index is 12.1. The fourth-order valence-corrected chi connectivity index (χ4v) is 3.08. The average Bonchev–Trinajstić information content (AvgIpc) is 2.92. The molecule has 2 aromatic carbocycles. The third kappa shape index (κ3) is 3.45. The maximum Gasteiger partial charge on any atom is 0.271 e. The van der Waals surface area contributed by atoms with Crippen LogP contribution in [0.1, 0.15) is 38.4 Å². The number of carbonyl (C=O) groups is 1. The molecule has 0 radical (unpaired) electrons. The van der Waals surface area contributed by atoms with Gasteiger partial charge in [0, 0.05) is 28.2 Å². The van der Waals surface area contributed by atoms with Crippen molar-refractivity contribution in [2.75, 3.05) is 0 Å². The van der Waals surface area contributed by atoms with Crippen LogP contribution in [0.5, 0.6) is 0 Å². The van der Waals surface area contributed by atoms with Gasteiger partial charge in [-0.3, -0.25) is 4.79 Å². The minimum absolute atomic E-state index is 0.217. The summed E-state index contributed by atoms with van der Waals surface area (Å²) in [4.78, 5) is 12.1. The standard InChI is InChI=1S/C22H23N3O/c1-15-9-8-12-21(17(15)3)25-16(2)13-20(18(25)4)14-23-24-22(26)19-10-6-5-7-11-19/h5-14H,1-4H3,(H,24,26)/b23-14+. The summed E-state index contributed by atoms with van der Waals surface area (Å²) in [5.41, 5.74) is 10.1. The molecule has 0 saturated carbocycles. The largest absolute Gasteiger partial charge is 0.318 e. The van der Waals surface area contributed by atoms with Crippen molar-refractivity contribution in [3.8, 4) is 5.69 Å². The predicted octanol–water partition coefficient (Wildman–Crippen LogP) is 4.47. The van der Waals surface area contributed by atoms with Gasteiger partial charge >= 0.3 is 0 Å². The van der Waals surface area contributed by atoms with E-state index in [1.165, 1.54) is 16.8 Å². The van der Waals surface area contributed by atoms with E-state index in [1.54, 1.807) is 18.3 Å². The van der Waals surface area contributed by atoms with E-state index in [1.807, 2.05) is 18.2 Å². The Hall–Kier alpha value is -3.14. The summed E-state index contributed by atoms with van der Waals surface area (Å²) in [5.74, 6) is -0.217. The van der Waals surface area contributed by atoms with Crippen LogP contribution in [-0.2, 0) is 0 Å². The highest BCUT2D eigenvalue weighted by molar-refractivity contribution is 5.94. The van der Waals surface area contributed by atoms with E-state index in [0.717, 1.165) is 17.0 Å². The molecule has 0 saturated heterocycles. The molecule has 132 valence electrons. The summed E-state index contributed by atoms with van der Waals surface area (Å²) < 4.78 is 2.22. The lowest BCUT2D eigenvalue weighted by molar-refractivity contribution is 0.0955. The van der Waals surface area contributed by atoms with Crippen molar-refractivity contribution in [1.29, 1.82) is 0 Å². The van der Waals surface area contributed by atoms with E-state index in [9.17, 15) is 4.79 Å². The molecule has 1 N–H and O–H groups in total. The van der Waals surface area contributed by atoms with Gasteiger partial charge in [-0.2, -0.15) is 5.10 Å². The molecule has 3 rings (SSSR count). The number of aromatic nitrogens is 1. The maximum atomic E-state index is 12.1. The summed E-state index contributed by atoms with van der Waals surface area (Å²) in [7, 11) is 0. The molecule has 26 heavy (non-hydrogen) atoms. The van der Waals surface area contributed by atoms with Gasteiger partial charge < -0.3 is 4.57 Å². The number of nitrogens with one attached hydrogen (secondary N) is 1. The smallest absolute Gasteiger partial charge is 0.271 e. The van der Waals surface area contributed by atoms with Gasteiger partial charge in [0.2, 0.25) is 0 Å². The van der Waals surface area contributed by atoms with E-state index >= 15 is 0 Å². The Morgan fingerprint density at radius 3 is 2.46 bits per heavy atom. The van der Waals surface area contributed by atoms with Crippen LogP contribution in [0.3, 0.4) is 0 Å². The number of hydrazone groups is 1. The van der Waals surface area contributed by atoms with E-state index in [2.05, 4.69) is 67.1 Å². The number of carbonyl (C=O) groups excluding carboxylic acids is 1. The van der Waals surface area contributed by atoms with Gasteiger partial charge in [-0.05, 0) is 63.1 Å². The Balaban J connectivity index is 1.84. The van der Waals surface area contributed by atoms with Crippen LogP contribution in [-0.4, -0.2) is 16.7 Å². The van der Waals surface area contributed by atoms with Crippen molar-refractivity contribution in [2.24, 2.45) is 5.10 Å². The quantitative estimate of drug-likeness (QED) is 0.550. The third-order valence-electron chi connectivity index (χ3n) is 4.69. The summed E-state index contributed by atoms with van der Waals surface area (Å²) >= 11 is 0. The fraction of sp³-hybridized carbons (Fsp3) is 0.182. The molecule has 0 aliphatic heterocycles. The van der Waals surface area contributed by atoms with Gasteiger partial charge in [-0.25, -0.2) is 5.43 Å². The van der Waals surface area contributed by atoms with Crippen molar-refractivity contribution in [1.82, 2.24) is 9.99 Å². The van der Waals surface area contributed by atoms with Crippen molar-refractivity contribution < 1.29 is 4.79 Å². The lowest BCUT2D eigenvalue weighted by Crippen LogP contribution is -2.17. The summed E-state index contributed by atoms with van der Waals surface area (Å²) in [6.45, 7) is 8.40. The first-order valence-corrected chi connectivity index (χ1v) is 8.63. The van der Waals surface area contributed by atoms with Crippen LogP contribution in [0.4, 0.5) is 0 Å². The lowest BCUT2D eigenvalue weighted by atomic mass is 10.1. The van der Waals surface area contributed by atoms with Crippen molar-refractivity contribution in [3.63, 3.8) is 0 Å². The normalized spacial score (nSPS) is 11.1. The number of hydrogen-bond acceptors (Lipinski definition) is 2. The molecule has 0 spiro atoms. The molecule has 0 bridgehead atoms. The van der Waals surface area contributed by atoms with Gasteiger partial charge in [-0.1, -0.05) is 30.3 Å². The lowest BCUT2D eigenvalue weighted by Gasteiger charge is -2.14. The van der Waals surface area contributed by atoms with Crippen LogP contribution < -0.4 is 5.43 Å².